The van der Waals surface area contributed by atoms with Gasteiger partial charge in [-0.1, -0.05) is 35.9 Å². The van der Waals surface area contributed by atoms with E-state index in [9.17, 15) is 14.4 Å². The van der Waals surface area contributed by atoms with Gasteiger partial charge in [0, 0.05) is 17.1 Å². The molecule has 7 heteroatoms. The lowest BCUT2D eigenvalue weighted by Gasteiger charge is -2.15. The zero-order valence-electron chi connectivity index (χ0n) is 19.9. The largest absolute Gasteiger partial charge is 0.465 e. The molecule has 1 fully saturated rings. The van der Waals surface area contributed by atoms with Crippen molar-refractivity contribution in [2.75, 3.05) is 7.11 Å². The normalized spacial score (nSPS) is 14.6. The highest BCUT2D eigenvalue weighted by molar-refractivity contribution is 6.14. The van der Waals surface area contributed by atoms with Crippen molar-refractivity contribution >= 4 is 24.0 Å². The number of amides is 3. The van der Waals surface area contributed by atoms with Crippen LogP contribution in [0.5, 0.6) is 0 Å². The average molecular weight is 458 g/mol. The van der Waals surface area contributed by atoms with E-state index >= 15 is 0 Å². The molecule has 3 amide bonds. The maximum atomic E-state index is 13.0. The van der Waals surface area contributed by atoms with Crippen LogP contribution in [0.2, 0.25) is 0 Å². The molecule has 0 bridgehead atoms. The molecule has 0 radical (unpaired) electrons. The van der Waals surface area contributed by atoms with Crippen LogP contribution in [-0.2, 0) is 16.1 Å². The molecule has 1 aliphatic rings. The van der Waals surface area contributed by atoms with Gasteiger partial charge in [-0.2, -0.15) is 0 Å². The fourth-order valence-corrected chi connectivity index (χ4v) is 4.25. The molecule has 2 aromatic carbocycles. The van der Waals surface area contributed by atoms with Gasteiger partial charge in [-0.15, -0.1) is 0 Å². The lowest BCUT2D eigenvalue weighted by atomic mass is 10.1. The van der Waals surface area contributed by atoms with E-state index in [1.807, 2.05) is 74.7 Å². The molecule has 0 aliphatic carbocycles. The van der Waals surface area contributed by atoms with Gasteiger partial charge in [0.15, 0.2) is 0 Å². The Labute approximate surface area is 198 Å². The number of aryl methyl sites for hydroxylation is 2. The third-order valence-corrected chi connectivity index (χ3v) is 6.15. The zero-order valence-corrected chi connectivity index (χ0v) is 19.9. The number of urea groups is 1. The summed E-state index contributed by atoms with van der Waals surface area (Å²) in [5.74, 6) is -0.753. The summed E-state index contributed by atoms with van der Waals surface area (Å²) in [6.07, 6.45) is 1.70. The van der Waals surface area contributed by atoms with Gasteiger partial charge < -0.3 is 14.6 Å². The number of imide groups is 1. The average Bonchev–Trinajstić information content (AvgIpc) is 3.24. The first kappa shape index (κ1) is 23.0. The van der Waals surface area contributed by atoms with Crippen molar-refractivity contribution in [2.24, 2.45) is 0 Å². The van der Waals surface area contributed by atoms with E-state index in [-0.39, 0.29) is 18.1 Å². The lowest BCUT2D eigenvalue weighted by Crippen LogP contribution is -2.30. The minimum absolute atomic E-state index is 0.209. The zero-order chi connectivity index (χ0) is 24.6. The molecule has 1 aliphatic heterocycles. The SMILES string of the molecule is COC(=O)c1cccc(-n2c(C)cc(/C=C3/NC(=O)N(Cc4ccc(C)cc4)C3=O)c2C)c1C. The number of aromatic nitrogens is 1. The first-order valence-electron chi connectivity index (χ1n) is 11.0. The van der Waals surface area contributed by atoms with Gasteiger partial charge in [-0.3, -0.25) is 9.69 Å². The fraction of sp³-hybridized carbons (Fsp3) is 0.222. The number of rotatable bonds is 5. The van der Waals surface area contributed by atoms with Crippen LogP contribution >= 0.6 is 0 Å². The minimum atomic E-state index is -0.438. The second-order valence-corrected chi connectivity index (χ2v) is 8.47. The molecule has 7 nitrogen and oxygen atoms in total. The van der Waals surface area contributed by atoms with Crippen molar-refractivity contribution in [1.29, 1.82) is 0 Å². The number of nitrogens with zero attached hydrogens (tertiary/aromatic N) is 2. The van der Waals surface area contributed by atoms with E-state index in [2.05, 4.69) is 5.32 Å². The first-order valence-corrected chi connectivity index (χ1v) is 11.0. The molecule has 1 aromatic heterocycles. The monoisotopic (exact) mass is 457 g/mol. The Balaban J connectivity index is 1.66. The summed E-state index contributed by atoms with van der Waals surface area (Å²) < 4.78 is 6.93. The number of hydrogen-bond donors (Lipinski definition) is 1. The van der Waals surface area contributed by atoms with Gasteiger partial charge in [-0.25, -0.2) is 9.59 Å². The fourth-order valence-electron chi connectivity index (χ4n) is 4.25. The van der Waals surface area contributed by atoms with Crippen molar-refractivity contribution in [1.82, 2.24) is 14.8 Å². The van der Waals surface area contributed by atoms with Crippen LogP contribution in [0.1, 0.15) is 44.0 Å². The van der Waals surface area contributed by atoms with Crippen molar-refractivity contribution in [3.8, 4) is 5.69 Å². The summed E-state index contributed by atoms with van der Waals surface area (Å²) in [7, 11) is 1.36. The molecule has 0 unspecified atom stereocenters. The molecule has 1 N–H and O–H groups in total. The molecule has 0 spiro atoms. The standard InChI is InChI=1S/C27H27N3O4/c1-16-9-11-20(12-10-16)15-29-25(31)23(28-27(29)33)14-21-13-17(2)30(19(21)4)24-8-6-7-22(18(24)3)26(32)34-5/h6-14H,15H2,1-5H3,(H,28,33)/b23-14+. The third kappa shape index (κ3) is 4.12. The number of benzene rings is 2. The molecule has 174 valence electrons. The Kier molecular flexibility index (Phi) is 6.11. The van der Waals surface area contributed by atoms with Gasteiger partial charge in [-0.05, 0) is 68.7 Å². The van der Waals surface area contributed by atoms with Gasteiger partial charge >= 0.3 is 12.0 Å². The van der Waals surface area contributed by atoms with Crippen LogP contribution in [0.15, 0.2) is 54.2 Å². The van der Waals surface area contributed by atoms with Crippen molar-refractivity contribution in [3.05, 3.63) is 93.4 Å². The summed E-state index contributed by atoms with van der Waals surface area (Å²) in [5.41, 5.74) is 7.00. The maximum Gasteiger partial charge on any atom is 0.338 e. The lowest BCUT2D eigenvalue weighted by molar-refractivity contribution is -0.123. The van der Waals surface area contributed by atoms with E-state index in [4.69, 9.17) is 4.74 Å². The molecule has 4 rings (SSSR count). The van der Waals surface area contributed by atoms with E-state index in [0.717, 1.165) is 39.3 Å². The highest BCUT2D eigenvalue weighted by Gasteiger charge is 2.33. The summed E-state index contributed by atoms with van der Waals surface area (Å²) in [6, 6.07) is 14.7. The van der Waals surface area contributed by atoms with Crippen LogP contribution in [0.4, 0.5) is 4.79 Å². The van der Waals surface area contributed by atoms with Crippen molar-refractivity contribution in [3.63, 3.8) is 0 Å². The van der Waals surface area contributed by atoms with Crippen molar-refractivity contribution < 1.29 is 19.1 Å². The van der Waals surface area contributed by atoms with Gasteiger partial charge in [0.2, 0.25) is 0 Å². The topological polar surface area (TPSA) is 80.6 Å². The second-order valence-electron chi connectivity index (χ2n) is 8.47. The van der Waals surface area contributed by atoms with Crippen LogP contribution < -0.4 is 5.32 Å². The number of nitrogens with one attached hydrogen (secondary N) is 1. The van der Waals surface area contributed by atoms with Crippen LogP contribution in [0.25, 0.3) is 11.8 Å². The van der Waals surface area contributed by atoms with Crippen molar-refractivity contribution in [2.45, 2.75) is 34.2 Å². The summed E-state index contributed by atoms with van der Waals surface area (Å²) in [5, 5.41) is 2.70. The van der Waals surface area contributed by atoms with Gasteiger partial charge in [0.1, 0.15) is 5.70 Å². The Morgan fingerprint density at radius 1 is 1.03 bits per heavy atom. The van der Waals surface area contributed by atoms with Gasteiger partial charge in [0.05, 0.1) is 19.2 Å². The van der Waals surface area contributed by atoms with E-state index in [0.29, 0.717) is 5.56 Å². The molecular weight excluding hydrogens is 430 g/mol. The highest BCUT2D eigenvalue weighted by atomic mass is 16.5. The molecule has 1 saturated heterocycles. The van der Waals surface area contributed by atoms with E-state index < -0.39 is 12.0 Å². The number of carbonyl (C=O) groups excluding carboxylic acids is 3. The van der Waals surface area contributed by atoms with Crippen LogP contribution in [0, 0.1) is 27.7 Å². The quantitative estimate of drug-likeness (QED) is 0.345. The summed E-state index contributed by atoms with van der Waals surface area (Å²) >= 11 is 0. The Morgan fingerprint density at radius 3 is 2.41 bits per heavy atom. The maximum absolute atomic E-state index is 13.0. The Hall–Kier alpha value is -4.13. The minimum Gasteiger partial charge on any atom is -0.465 e. The van der Waals surface area contributed by atoms with Gasteiger partial charge in [0.25, 0.3) is 5.91 Å². The third-order valence-electron chi connectivity index (χ3n) is 6.15. The molecule has 0 saturated carbocycles. The van der Waals surface area contributed by atoms with Crippen LogP contribution in [0.3, 0.4) is 0 Å². The Morgan fingerprint density at radius 2 is 1.74 bits per heavy atom. The molecule has 2 heterocycles. The highest BCUT2D eigenvalue weighted by Crippen LogP contribution is 2.27. The predicted molar refractivity (Wildman–Crippen MR) is 130 cm³/mol. The van der Waals surface area contributed by atoms with E-state index in [1.54, 1.807) is 12.1 Å². The first-order chi connectivity index (χ1) is 16.2. The molecular formula is C27H27N3O4. The number of methoxy groups -OCH3 is 1. The van der Waals surface area contributed by atoms with Crippen LogP contribution in [-0.4, -0.2) is 34.5 Å². The molecule has 0 atom stereocenters. The smallest absolute Gasteiger partial charge is 0.338 e. The molecule has 3 aromatic rings. The van der Waals surface area contributed by atoms with E-state index in [1.165, 1.54) is 12.0 Å². The number of ether oxygens (including phenoxy) is 1. The summed E-state index contributed by atoms with van der Waals surface area (Å²) in [6.45, 7) is 7.97. The predicted octanol–water partition coefficient (Wildman–Crippen LogP) is 4.59. The number of esters is 1. The Bertz CT molecular complexity index is 1330. The molecule has 34 heavy (non-hydrogen) atoms. The summed E-state index contributed by atoms with van der Waals surface area (Å²) in [4.78, 5) is 38.9. The number of hydrogen-bond acceptors (Lipinski definition) is 4. The number of carbonyl (C=O) groups is 3. The second kappa shape index (κ2) is 9.02.